The smallest absolute Gasteiger partial charge is 0.201 e. The minimum absolute atomic E-state index is 0.550. The van der Waals surface area contributed by atoms with E-state index in [2.05, 4.69) is 42.0 Å². The molecule has 2 heterocycles. The number of nitrogens with two attached hydrogens (primary N) is 1. The second-order valence-electron chi connectivity index (χ2n) is 4.62. The number of aryl methyl sites for hydroxylation is 2. The number of fused-ring (bicyclic) bond motifs is 1. The Morgan fingerprint density at radius 1 is 1.37 bits per heavy atom. The van der Waals surface area contributed by atoms with E-state index in [0.29, 0.717) is 12.5 Å². The highest BCUT2D eigenvalue weighted by Crippen LogP contribution is 2.22. The zero-order valence-corrected chi connectivity index (χ0v) is 11.9. The minimum atomic E-state index is 0.550. The lowest BCUT2D eigenvalue weighted by Gasteiger charge is -2.03. The standard InChI is InChI=1S/C14H16N4S/c1-3-10-7-16-13(19-10)8-18-12-5-4-9(2)6-11(12)17-14(18)15/h4-7H,3,8H2,1-2H3,(H2,15,17). The first kappa shape index (κ1) is 12.2. The van der Waals surface area contributed by atoms with Crippen LogP contribution in [0.25, 0.3) is 11.0 Å². The molecule has 2 N–H and O–H groups in total. The van der Waals surface area contributed by atoms with Crippen LogP contribution in [0.5, 0.6) is 0 Å². The molecular formula is C14H16N4S. The molecule has 0 radical (unpaired) electrons. The maximum Gasteiger partial charge on any atom is 0.201 e. The Labute approximate surface area is 115 Å². The molecule has 98 valence electrons. The average molecular weight is 272 g/mol. The van der Waals surface area contributed by atoms with Crippen molar-refractivity contribution in [3.63, 3.8) is 0 Å². The van der Waals surface area contributed by atoms with E-state index in [4.69, 9.17) is 5.73 Å². The van der Waals surface area contributed by atoms with E-state index < -0.39 is 0 Å². The molecule has 0 spiro atoms. The third-order valence-corrected chi connectivity index (χ3v) is 4.30. The molecule has 0 unspecified atom stereocenters. The molecular weight excluding hydrogens is 256 g/mol. The molecule has 19 heavy (non-hydrogen) atoms. The second-order valence-corrected chi connectivity index (χ2v) is 5.82. The molecule has 1 aromatic carbocycles. The van der Waals surface area contributed by atoms with Crippen LogP contribution in [0.2, 0.25) is 0 Å². The topological polar surface area (TPSA) is 56.7 Å². The summed E-state index contributed by atoms with van der Waals surface area (Å²) in [6.07, 6.45) is 2.97. The monoisotopic (exact) mass is 272 g/mol. The molecule has 3 rings (SSSR count). The van der Waals surface area contributed by atoms with E-state index in [1.165, 1.54) is 10.4 Å². The van der Waals surface area contributed by atoms with Gasteiger partial charge in [0.15, 0.2) is 0 Å². The molecule has 0 aliphatic carbocycles. The van der Waals surface area contributed by atoms with Gasteiger partial charge in [0.25, 0.3) is 0 Å². The number of thiazole rings is 1. The van der Waals surface area contributed by atoms with E-state index >= 15 is 0 Å². The van der Waals surface area contributed by atoms with Crippen LogP contribution in [0, 0.1) is 6.92 Å². The number of imidazole rings is 1. The number of benzene rings is 1. The summed E-state index contributed by atoms with van der Waals surface area (Å²) < 4.78 is 2.02. The highest BCUT2D eigenvalue weighted by atomic mass is 32.1. The number of hydrogen-bond acceptors (Lipinski definition) is 4. The van der Waals surface area contributed by atoms with Crippen molar-refractivity contribution in [1.82, 2.24) is 14.5 Å². The van der Waals surface area contributed by atoms with Crippen molar-refractivity contribution in [3.05, 3.63) is 39.8 Å². The maximum absolute atomic E-state index is 6.02. The molecule has 5 heteroatoms. The van der Waals surface area contributed by atoms with Gasteiger partial charge in [0.2, 0.25) is 5.95 Å². The predicted molar refractivity (Wildman–Crippen MR) is 79.5 cm³/mol. The molecule has 0 fully saturated rings. The number of aromatic nitrogens is 3. The summed E-state index contributed by atoms with van der Waals surface area (Å²) in [7, 11) is 0. The fourth-order valence-electron chi connectivity index (χ4n) is 2.14. The SMILES string of the molecule is CCc1cnc(Cn2c(N)nc3cc(C)ccc32)s1. The molecule has 0 bridgehead atoms. The second kappa shape index (κ2) is 4.66. The van der Waals surface area contributed by atoms with Gasteiger partial charge in [0.1, 0.15) is 5.01 Å². The molecule has 0 atom stereocenters. The van der Waals surface area contributed by atoms with Crippen LogP contribution >= 0.6 is 11.3 Å². The lowest BCUT2D eigenvalue weighted by atomic mass is 10.2. The Hall–Kier alpha value is -1.88. The maximum atomic E-state index is 6.02. The zero-order chi connectivity index (χ0) is 13.4. The van der Waals surface area contributed by atoms with Gasteiger partial charge >= 0.3 is 0 Å². The third kappa shape index (κ3) is 2.21. The van der Waals surface area contributed by atoms with Gasteiger partial charge in [0.05, 0.1) is 17.6 Å². The van der Waals surface area contributed by atoms with Gasteiger partial charge in [-0.1, -0.05) is 13.0 Å². The van der Waals surface area contributed by atoms with Crippen molar-refractivity contribution in [2.75, 3.05) is 5.73 Å². The third-order valence-electron chi connectivity index (χ3n) is 3.18. The van der Waals surface area contributed by atoms with Gasteiger partial charge in [-0.25, -0.2) is 9.97 Å². The normalized spacial score (nSPS) is 11.3. The summed E-state index contributed by atoms with van der Waals surface area (Å²) in [4.78, 5) is 10.2. The number of nitrogen functional groups attached to an aromatic ring is 1. The van der Waals surface area contributed by atoms with Gasteiger partial charge in [-0.15, -0.1) is 11.3 Å². The summed E-state index contributed by atoms with van der Waals surface area (Å²) in [6.45, 7) is 4.89. The summed E-state index contributed by atoms with van der Waals surface area (Å²) in [6, 6.07) is 6.21. The van der Waals surface area contributed by atoms with Crippen LogP contribution in [0.4, 0.5) is 5.95 Å². The Bertz CT molecular complexity index is 726. The summed E-state index contributed by atoms with van der Waals surface area (Å²) in [5.74, 6) is 0.550. The summed E-state index contributed by atoms with van der Waals surface area (Å²) >= 11 is 1.74. The van der Waals surface area contributed by atoms with E-state index in [1.54, 1.807) is 11.3 Å². The molecule has 3 aromatic rings. The van der Waals surface area contributed by atoms with Crippen LogP contribution in [0.1, 0.15) is 22.4 Å². The van der Waals surface area contributed by atoms with E-state index in [1.807, 2.05) is 10.8 Å². The largest absolute Gasteiger partial charge is 0.369 e. The molecule has 0 aliphatic heterocycles. The van der Waals surface area contributed by atoms with E-state index in [-0.39, 0.29) is 0 Å². The van der Waals surface area contributed by atoms with Gasteiger partial charge in [-0.2, -0.15) is 0 Å². The van der Waals surface area contributed by atoms with Crippen molar-refractivity contribution in [1.29, 1.82) is 0 Å². The van der Waals surface area contributed by atoms with Crippen molar-refractivity contribution in [2.24, 2.45) is 0 Å². The Kier molecular flexibility index (Phi) is 2.98. The quantitative estimate of drug-likeness (QED) is 0.797. The van der Waals surface area contributed by atoms with Gasteiger partial charge in [-0.05, 0) is 31.0 Å². The molecule has 4 nitrogen and oxygen atoms in total. The first-order valence-electron chi connectivity index (χ1n) is 6.33. The van der Waals surface area contributed by atoms with Crippen molar-refractivity contribution < 1.29 is 0 Å². The summed E-state index contributed by atoms with van der Waals surface area (Å²) in [5, 5.41) is 1.07. The minimum Gasteiger partial charge on any atom is -0.369 e. The number of hydrogen-bond donors (Lipinski definition) is 1. The van der Waals surface area contributed by atoms with Crippen molar-refractivity contribution >= 4 is 28.3 Å². The van der Waals surface area contributed by atoms with Crippen LogP contribution < -0.4 is 5.73 Å². The van der Waals surface area contributed by atoms with E-state index in [9.17, 15) is 0 Å². The summed E-state index contributed by atoms with van der Waals surface area (Å²) in [5.41, 5.74) is 9.23. The lowest BCUT2D eigenvalue weighted by Crippen LogP contribution is -2.04. The Morgan fingerprint density at radius 3 is 2.95 bits per heavy atom. The van der Waals surface area contributed by atoms with Crippen LogP contribution in [-0.2, 0) is 13.0 Å². The first-order valence-corrected chi connectivity index (χ1v) is 7.15. The predicted octanol–water partition coefficient (Wildman–Crippen LogP) is 2.99. The average Bonchev–Trinajstić information content (AvgIpc) is 2.95. The zero-order valence-electron chi connectivity index (χ0n) is 11.1. The van der Waals surface area contributed by atoms with Crippen molar-refractivity contribution in [3.8, 4) is 0 Å². The van der Waals surface area contributed by atoms with Gasteiger partial charge in [-0.3, -0.25) is 0 Å². The highest BCUT2D eigenvalue weighted by Gasteiger charge is 2.10. The molecule has 0 saturated carbocycles. The molecule has 0 aliphatic rings. The molecule has 0 saturated heterocycles. The van der Waals surface area contributed by atoms with Gasteiger partial charge in [0, 0.05) is 11.1 Å². The fourth-order valence-corrected chi connectivity index (χ4v) is 3.00. The van der Waals surface area contributed by atoms with Gasteiger partial charge < -0.3 is 10.3 Å². The number of rotatable bonds is 3. The van der Waals surface area contributed by atoms with Crippen LogP contribution in [0.3, 0.4) is 0 Å². The Morgan fingerprint density at radius 2 is 2.21 bits per heavy atom. The molecule has 2 aromatic heterocycles. The van der Waals surface area contributed by atoms with Crippen molar-refractivity contribution in [2.45, 2.75) is 26.8 Å². The number of nitrogens with zero attached hydrogens (tertiary/aromatic N) is 3. The lowest BCUT2D eigenvalue weighted by molar-refractivity contribution is 0.829. The highest BCUT2D eigenvalue weighted by molar-refractivity contribution is 7.11. The molecule has 0 amide bonds. The first-order chi connectivity index (χ1) is 9.17. The fraction of sp³-hybridized carbons (Fsp3) is 0.286. The van der Waals surface area contributed by atoms with Crippen LogP contribution in [-0.4, -0.2) is 14.5 Å². The van der Waals surface area contributed by atoms with Crippen LogP contribution in [0.15, 0.2) is 24.4 Å². The van der Waals surface area contributed by atoms with E-state index in [0.717, 1.165) is 22.5 Å². The number of anilines is 1. The Balaban J connectivity index is 2.02.